The molecule has 0 bridgehead atoms. The second-order valence-corrected chi connectivity index (χ2v) is 7.40. The van der Waals surface area contributed by atoms with Gasteiger partial charge >= 0.3 is 0 Å². The van der Waals surface area contributed by atoms with Gasteiger partial charge in [-0.3, -0.25) is 0 Å². The quantitative estimate of drug-likeness (QED) is 0.458. The van der Waals surface area contributed by atoms with Gasteiger partial charge in [-0.1, -0.05) is 72.6 Å². The molecule has 0 amide bonds. The first-order valence-corrected chi connectivity index (χ1v) is 8.82. The highest BCUT2D eigenvalue weighted by Gasteiger charge is 2.44. The van der Waals surface area contributed by atoms with Crippen molar-refractivity contribution in [3.05, 3.63) is 0 Å². The molecule has 0 aromatic heterocycles. The van der Waals surface area contributed by atoms with Crippen molar-refractivity contribution < 1.29 is 0 Å². The van der Waals surface area contributed by atoms with Crippen LogP contribution < -0.4 is 5.32 Å². The van der Waals surface area contributed by atoms with Crippen LogP contribution in [0, 0.1) is 11.8 Å². The normalized spacial score (nSPS) is 17.4. The van der Waals surface area contributed by atoms with Crippen LogP contribution in [0.5, 0.6) is 0 Å². The Kier molecular flexibility index (Phi) is 8.06. The third-order valence-electron chi connectivity index (χ3n) is 4.83. The zero-order chi connectivity index (χ0) is 14.1. The van der Waals surface area contributed by atoms with E-state index in [0.717, 1.165) is 11.8 Å². The third-order valence-corrected chi connectivity index (χ3v) is 4.83. The van der Waals surface area contributed by atoms with Gasteiger partial charge in [0.25, 0.3) is 0 Å². The molecule has 0 aromatic rings. The highest BCUT2D eigenvalue weighted by atomic mass is 15.0. The first kappa shape index (κ1) is 17.0. The molecule has 1 aliphatic rings. The van der Waals surface area contributed by atoms with Gasteiger partial charge in [0.1, 0.15) is 0 Å². The summed E-state index contributed by atoms with van der Waals surface area (Å²) < 4.78 is 0. The van der Waals surface area contributed by atoms with Crippen molar-refractivity contribution >= 4 is 0 Å². The molecule has 0 aromatic carbocycles. The highest BCUT2D eigenvalue weighted by Crippen LogP contribution is 2.41. The van der Waals surface area contributed by atoms with Crippen molar-refractivity contribution in [3.8, 4) is 0 Å². The molecule has 0 spiro atoms. The maximum absolute atomic E-state index is 3.79. The molecular weight excluding hydrogens is 230 g/mol. The maximum atomic E-state index is 3.79. The van der Waals surface area contributed by atoms with Crippen molar-refractivity contribution in [3.63, 3.8) is 0 Å². The van der Waals surface area contributed by atoms with E-state index >= 15 is 0 Å². The van der Waals surface area contributed by atoms with Crippen LogP contribution in [0.1, 0.15) is 91.9 Å². The highest BCUT2D eigenvalue weighted by molar-refractivity contribution is 5.03. The Morgan fingerprint density at radius 2 is 1.32 bits per heavy atom. The van der Waals surface area contributed by atoms with Gasteiger partial charge in [-0.2, -0.15) is 0 Å². The average molecular weight is 268 g/mol. The molecule has 1 fully saturated rings. The van der Waals surface area contributed by atoms with Crippen molar-refractivity contribution in [2.24, 2.45) is 11.8 Å². The summed E-state index contributed by atoms with van der Waals surface area (Å²) in [7, 11) is 0. The van der Waals surface area contributed by atoms with Crippen LogP contribution in [0.4, 0.5) is 0 Å². The van der Waals surface area contributed by atoms with E-state index in [4.69, 9.17) is 0 Å². The summed E-state index contributed by atoms with van der Waals surface area (Å²) in [6.45, 7) is 10.6. The van der Waals surface area contributed by atoms with Gasteiger partial charge in [0.2, 0.25) is 0 Å². The number of hydrogen-bond acceptors (Lipinski definition) is 1. The standard InChI is InChI=1S/C18H37N/c1-16(2)12-10-8-6-5-7-9-11-15-19-18(13-14-18)17(3)4/h16-17,19H,5-15H2,1-4H3. The molecule has 1 heteroatoms. The zero-order valence-corrected chi connectivity index (χ0v) is 13.9. The molecule has 1 nitrogen and oxygen atoms in total. The zero-order valence-electron chi connectivity index (χ0n) is 13.9. The Morgan fingerprint density at radius 3 is 1.79 bits per heavy atom. The molecule has 19 heavy (non-hydrogen) atoms. The predicted molar refractivity (Wildman–Crippen MR) is 86.6 cm³/mol. The minimum absolute atomic E-state index is 0.539. The molecule has 0 saturated heterocycles. The van der Waals surface area contributed by atoms with Crippen molar-refractivity contribution in [1.82, 2.24) is 5.32 Å². The first-order chi connectivity index (χ1) is 9.07. The molecule has 114 valence electrons. The van der Waals surface area contributed by atoms with Gasteiger partial charge in [-0.05, 0) is 37.6 Å². The van der Waals surface area contributed by atoms with Crippen molar-refractivity contribution in [2.45, 2.75) is 97.4 Å². The Hall–Kier alpha value is -0.0400. The fraction of sp³-hybridized carbons (Fsp3) is 1.00. The molecule has 1 N–H and O–H groups in total. The maximum Gasteiger partial charge on any atom is 0.0205 e. The lowest BCUT2D eigenvalue weighted by atomic mass is 10.0. The lowest BCUT2D eigenvalue weighted by Gasteiger charge is -2.21. The number of rotatable bonds is 12. The molecule has 0 aliphatic heterocycles. The minimum atomic E-state index is 0.539. The van der Waals surface area contributed by atoms with Crippen LogP contribution in [-0.2, 0) is 0 Å². The Bertz CT molecular complexity index is 216. The Balaban J connectivity index is 1.79. The topological polar surface area (TPSA) is 12.0 Å². The van der Waals surface area contributed by atoms with Crippen LogP contribution in [-0.4, -0.2) is 12.1 Å². The summed E-state index contributed by atoms with van der Waals surface area (Å²) in [5.41, 5.74) is 0.539. The van der Waals surface area contributed by atoms with Gasteiger partial charge in [0.15, 0.2) is 0 Å². The SMILES string of the molecule is CC(C)CCCCCCCCCNC1(C(C)C)CC1. The number of unbranched alkanes of at least 4 members (excludes halogenated alkanes) is 6. The van der Waals surface area contributed by atoms with E-state index in [1.807, 2.05) is 0 Å². The summed E-state index contributed by atoms with van der Waals surface area (Å²) in [6, 6.07) is 0. The van der Waals surface area contributed by atoms with Crippen LogP contribution in [0.2, 0.25) is 0 Å². The lowest BCUT2D eigenvalue weighted by molar-refractivity contribution is 0.373. The number of nitrogens with one attached hydrogen (secondary N) is 1. The summed E-state index contributed by atoms with van der Waals surface area (Å²) in [5, 5.41) is 3.79. The second-order valence-electron chi connectivity index (χ2n) is 7.40. The Labute approximate surface area is 121 Å². The van der Waals surface area contributed by atoms with E-state index in [9.17, 15) is 0 Å². The van der Waals surface area contributed by atoms with Gasteiger partial charge in [-0.15, -0.1) is 0 Å². The van der Waals surface area contributed by atoms with Gasteiger partial charge in [0.05, 0.1) is 0 Å². The Morgan fingerprint density at radius 1 is 0.789 bits per heavy atom. The largest absolute Gasteiger partial charge is 0.311 e. The van der Waals surface area contributed by atoms with E-state index in [1.54, 1.807) is 0 Å². The van der Waals surface area contributed by atoms with E-state index in [1.165, 1.54) is 70.8 Å². The van der Waals surface area contributed by atoms with Gasteiger partial charge < -0.3 is 5.32 Å². The molecule has 1 aliphatic carbocycles. The molecule has 0 atom stereocenters. The van der Waals surface area contributed by atoms with Crippen molar-refractivity contribution in [2.75, 3.05) is 6.54 Å². The van der Waals surface area contributed by atoms with Gasteiger partial charge in [0, 0.05) is 5.54 Å². The summed E-state index contributed by atoms with van der Waals surface area (Å²) >= 11 is 0. The van der Waals surface area contributed by atoms with Crippen LogP contribution >= 0.6 is 0 Å². The molecular formula is C18H37N. The van der Waals surface area contributed by atoms with E-state index in [0.29, 0.717) is 5.54 Å². The third kappa shape index (κ3) is 7.34. The van der Waals surface area contributed by atoms with E-state index < -0.39 is 0 Å². The molecule has 0 heterocycles. The average Bonchev–Trinajstić information content (AvgIpc) is 3.12. The smallest absolute Gasteiger partial charge is 0.0205 e. The summed E-state index contributed by atoms with van der Waals surface area (Å²) in [6.07, 6.45) is 14.3. The fourth-order valence-electron chi connectivity index (χ4n) is 2.99. The molecule has 0 unspecified atom stereocenters. The number of hydrogen-bond donors (Lipinski definition) is 1. The van der Waals surface area contributed by atoms with Crippen molar-refractivity contribution in [1.29, 1.82) is 0 Å². The van der Waals surface area contributed by atoms with Crippen LogP contribution in [0.15, 0.2) is 0 Å². The fourth-order valence-corrected chi connectivity index (χ4v) is 2.99. The molecule has 1 rings (SSSR count). The van der Waals surface area contributed by atoms with Crippen LogP contribution in [0.3, 0.4) is 0 Å². The van der Waals surface area contributed by atoms with Gasteiger partial charge in [-0.25, -0.2) is 0 Å². The summed E-state index contributed by atoms with van der Waals surface area (Å²) in [5.74, 6) is 1.70. The molecule has 1 saturated carbocycles. The predicted octanol–water partition coefficient (Wildman–Crippen LogP) is 5.54. The monoisotopic (exact) mass is 267 g/mol. The summed E-state index contributed by atoms with van der Waals surface area (Å²) in [4.78, 5) is 0. The van der Waals surface area contributed by atoms with Crippen LogP contribution in [0.25, 0.3) is 0 Å². The lowest BCUT2D eigenvalue weighted by Crippen LogP contribution is -2.36. The molecule has 0 radical (unpaired) electrons. The van der Waals surface area contributed by atoms with E-state index in [-0.39, 0.29) is 0 Å². The van der Waals surface area contributed by atoms with E-state index in [2.05, 4.69) is 33.0 Å². The second kappa shape index (κ2) is 9.00. The first-order valence-electron chi connectivity index (χ1n) is 8.82. The minimum Gasteiger partial charge on any atom is -0.311 e.